The molecule has 3 aromatic carbocycles. The Balaban J connectivity index is 1.38. The summed E-state index contributed by atoms with van der Waals surface area (Å²) in [6.45, 7) is 3.46. The third kappa shape index (κ3) is 7.82. The van der Waals surface area contributed by atoms with Crippen molar-refractivity contribution < 1.29 is 54.6 Å². The SMILES string of the molecule is Cc1cccc(C)c1C1CCN(Cc2c(C(=O)N3CCN(c4ccc(F)cc4)CC3(OC(=O)C(F)(F)F)OC(=O)C(F)(F)F)[nH]c3ccccc23)CC1. The Hall–Kier alpha value is -5.12. The molecule has 1 N–H and O–H groups in total. The van der Waals surface area contributed by atoms with Gasteiger partial charge in [0, 0.05) is 41.8 Å². The van der Waals surface area contributed by atoms with Crippen LogP contribution in [0.15, 0.2) is 66.7 Å². The number of aromatic amines is 1. The van der Waals surface area contributed by atoms with Gasteiger partial charge in [-0.2, -0.15) is 26.3 Å². The molecule has 2 saturated heterocycles. The first kappa shape index (κ1) is 37.6. The second-order valence-electron chi connectivity index (χ2n) is 13.2. The van der Waals surface area contributed by atoms with Crippen LogP contribution in [0.5, 0.6) is 0 Å². The van der Waals surface area contributed by atoms with Crippen molar-refractivity contribution in [3.8, 4) is 0 Å². The van der Waals surface area contributed by atoms with Crippen LogP contribution in [0.2, 0.25) is 0 Å². The maximum absolute atomic E-state index is 14.6. The van der Waals surface area contributed by atoms with Crippen molar-refractivity contribution in [2.75, 3.05) is 37.6 Å². The van der Waals surface area contributed by atoms with Gasteiger partial charge in [-0.25, -0.2) is 14.0 Å². The molecule has 0 aliphatic carbocycles. The number of esters is 2. The van der Waals surface area contributed by atoms with Crippen LogP contribution in [-0.2, 0) is 25.6 Å². The molecule has 0 radical (unpaired) electrons. The van der Waals surface area contributed by atoms with Gasteiger partial charge in [0.25, 0.3) is 5.91 Å². The van der Waals surface area contributed by atoms with Crippen molar-refractivity contribution in [3.63, 3.8) is 0 Å². The third-order valence-corrected chi connectivity index (χ3v) is 9.75. The number of piperidine rings is 1. The van der Waals surface area contributed by atoms with E-state index in [0.29, 0.717) is 40.4 Å². The number of hydrogen-bond acceptors (Lipinski definition) is 7. The van der Waals surface area contributed by atoms with Crippen molar-refractivity contribution in [2.45, 2.75) is 57.4 Å². The van der Waals surface area contributed by atoms with E-state index in [0.717, 1.165) is 29.9 Å². The molecule has 0 bridgehead atoms. The van der Waals surface area contributed by atoms with E-state index in [-0.39, 0.29) is 24.5 Å². The lowest BCUT2D eigenvalue weighted by Gasteiger charge is -2.48. The average molecular weight is 749 g/mol. The Morgan fingerprint density at radius 3 is 1.96 bits per heavy atom. The van der Waals surface area contributed by atoms with E-state index in [1.54, 1.807) is 24.3 Å². The second-order valence-corrected chi connectivity index (χ2v) is 13.2. The maximum atomic E-state index is 14.6. The topological polar surface area (TPSA) is 95.2 Å². The molecule has 0 unspecified atom stereocenters. The number of nitrogens with zero attached hydrogens (tertiary/aromatic N) is 3. The number of aromatic nitrogens is 1. The van der Waals surface area contributed by atoms with Gasteiger partial charge in [0.2, 0.25) is 0 Å². The smallest absolute Gasteiger partial charge is 0.395 e. The fraction of sp³-hybridized carbons (Fsp3) is 0.378. The molecule has 2 aliphatic rings. The van der Waals surface area contributed by atoms with Crippen LogP contribution < -0.4 is 4.90 Å². The maximum Gasteiger partial charge on any atom is 0.491 e. The van der Waals surface area contributed by atoms with E-state index >= 15 is 0 Å². The number of amides is 1. The first-order chi connectivity index (χ1) is 25.0. The zero-order chi connectivity index (χ0) is 38.3. The van der Waals surface area contributed by atoms with Crippen molar-refractivity contribution in [1.82, 2.24) is 14.8 Å². The van der Waals surface area contributed by atoms with Crippen LogP contribution in [0.3, 0.4) is 0 Å². The number of piperazine rings is 1. The number of carbonyl (C=O) groups excluding carboxylic acids is 3. The minimum absolute atomic E-state index is 0.0737. The van der Waals surface area contributed by atoms with E-state index in [1.807, 2.05) is 6.07 Å². The molecular weight excluding hydrogens is 713 g/mol. The van der Waals surface area contributed by atoms with Gasteiger partial charge in [-0.05, 0) is 92.7 Å². The van der Waals surface area contributed by atoms with Gasteiger partial charge in [0.15, 0.2) is 0 Å². The summed E-state index contributed by atoms with van der Waals surface area (Å²) in [6, 6.07) is 17.2. The molecule has 2 aliphatic heterocycles. The van der Waals surface area contributed by atoms with Crippen LogP contribution >= 0.6 is 0 Å². The van der Waals surface area contributed by atoms with E-state index in [2.05, 4.69) is 45.3 Å². The molecule has 0 atom stereocenters. The lowest BCUT2D eigenvalue weighted by atomic mass is 9.84. The number of aryl methyl sites for hydroxylation is 2. The van der Waals surface area contributed by atoms with Gasteiger partial charge in [0.1, 0.15) is 18.1 Å². The van der Waals surface area contributed by atoms with Crippen molar-refractivity contribution in [3.05, 3.63) is 100 Å². The minimum atomic E-state index is -5.76. The number of para-hydroxylation sites is 1. The molecule has 3 heterocycles. The van der Waals surface area contributed by atoms with Crippen molar-refractivity contribution >= 4 is 34.4 Å². The monoisotopic (exact) mass is 748 g/mol. The third-order valence-electron chi connectivity index (χ3n) is 9.75. The summed E-state index contributed by atoms with van der Waals surface area (Å²) in [5.41, 5.74) is 4.38. The van der Waals surface area contributed by atoms with E-state index in [1.165, 1.54) is 28.8 Å². The Labute approximate surface area is 299 Å². The van der Waals surface area contributed by atoms with Gasteiger partial charge < -0.3 is 19.4 Å². The average Bonchev–Trinajstić information content (AvgIpc) is 3.46. The molecule has 1 aromatic heterocycles. The lowest BCUT2D eigenvalue weighted by Crippen LogP contribution is -2.69. The summed E-state index contributed by atoms with van der Waals surface area (Å²) < 4.78 is 105. The fourth-order valence-electron chi connectivity index (χ4n) is 7.28. The van der Waals surface area contributed by atoms with Crippen molar-refractivity contribution in [2.24, 2.45) is 0 Å². The van der Waals surface area contributed by atoms with E-state index in [4.69, 9.17) is 0 Å². The van der Waals surface area contributed by atoms with Gasteiger partial charge in [-0.1, -0.05) is 36.4 Å². The number of alkyl halides is 6. The fourth-order valence-corrected chi connectivity index (χ4v) is 7.28. The zero-order valence-corrected chi connectivity index (χ0v) is 28.6. The number of nitrogens with one attached hydrogen (secondary N) is 1. The predicted molar refractivity (Wildman–Crippen MR) is 178 cm³/mol. The summed E-state index contributed by atoms with van der Waals surface area (Å²) in [7, 11) is 0. The lowest BCUT2D eigenvalue weighted by molar-refractivity contribution is -0.306. The zero-order valence-electron chi connectivity index (χ0n) is 28.6. The Morgan fingerprint density at radius 2 is 1.38 bits per heavy atom. The van der Waals surface area contributed by atoms with Gasteiger partial charge in [0.05, 0.1) is 0 Å². The quantitative estimate of drug-likeness (QED) is 0.122. The molecule has 6 rings (SSSR count). The Kier molecular flexibility index (Phi) is 10.2. The summed E-state index contributed by atoms with van der Waals surface area (Å²) in [4.78, 5) is 45.9. The number of fused-ring (bicyclic) bond motifs is 1. The summed E-state index contributed by atoms with van der Waals surface area (Å²) in [5.74, 6) is -11.2. The molecule has 1 amide bonds. The molecule has 53 heavy (non-hydrogen) atoms. The van der Waals surface area contributed by atoms with E-state index < -0.39 is 55.0 Å². The minimum Gasteiger partial charge on any atom is -0.395 e. The number of rotatable bonds is 7. The molecule has 282 valence electrons. The van der Waals surface area contributed by atoms with Crippen LogP contribution in [-0.4, -0.2) is 83.6 Å². The number of hydrogen-bond donors (Lipinski definition) is 1. The number of ether oxygens (including phenoxy) is 2. The highest BCUT2D eigenvalue weighted by molar-refractivity contribution is 6.01. The van der Waals surface area contributed by atoms with Crippen LogP contribution in [0.1, 0.15) is 51.5 Å². The highest BCUT2D eigenvalue weighted by Gasteiger charge is 2.59. The summed E-state index contributed by atoms with van der Waals surface area (Å²) in [5, 5.41) is 0.572. The largest absolute Gasteiger partial charge is 0.491 e. The normalized spacial score (nSPS) is 17.2. The van der Waals surface area contributed by atoms with Crippen LogP contribution in [0.25, 0.3) is 10.9 Å². The second kappa shape index (κ2) is 14.4. The molecule has 9 nitrogen and oxygen atoms in total. The molecule has 2 fully saturated rings. The molecule has 4 aromatic rings. The van der Waals surface area contributed by atoms with Crippen LogP contribution in [0.4, 0.5) is 36.4 Å². The number of anilines is 1. The first-order valence-electron chi connectivity index (χ1n) is 16.8. The Morgan fingerprint density at radius 1 is 0.792 bits per heavy atom. The number of likely N-dealkylation sites (tertiary alicyclic amines) is 1. The highest BCUT2D eigenvalue weighted by atomic mass is 19.4. The molecule has 0 spiro atoms. The van der Waals surface area contributed by atoms with E-state index in [9.17, 15) is 45.1 Å². The number of H-pyrrole nitrogens is 1. The summed E-state index contributed by atoms with van der Waals surface area (Å²) in [6.07, 6.45) is -9.93. The highest BCUT2D eigenvalue weighted by Crippen LogP contribution is 2.37. The number of halogens is 7. The summed E-state index contributed by atoms with van der Waals surface area (Å²) >= 11 is 0. The Bertz CT molecular complexity index is 1950. The molecule has 16 heteroatoms. The van der Waals surface area contributed by atoms with Gasteiger partial charge >= 0.3 is 30.2 Å². The van der Waals surface area contributed by atoms with Gasteiger partial charge in [-0.3, -0.25) is 14.6 Å². The number of carbonyl (C=O) groups is 3. The standard InChI is InChI=1S/C37H35F7N4O5/c1-22-6-5-7-23(2)30(22)24-14-16-46(17-15-24)20-28-27-8-3-4-9-29(27)45-31(28)32(49)48-19-18-47(26-12-10-25(38)11-13-26)21-35(48,52-33(50)36(39,40)41)53-34(51)37(42,43)44/h3-13,24,45H,14-21H2,1-2H3. The molecule has 0 saturated carbocycles. The first-order valence-corrected chi connectivity index (χ1v) is 16.8. The molecular formula is C37H35F7N4O5. The number of benzene rings is 3. The van der Waals surface area contributed by atoms with Crippen molar-refractivity contribution in [1.29, 1.82) is 0 Å². The van der Waals surface area contributed by atoms with Gasteiger partial charge in [-0.15, -0.1) is 0 Å². The van der Waals surface area contributed by atoms with Crippen LogP contribution in [0, 0.1) is 19.7 Å². The predicted octanol–water partition coefficient (Wildman–Crippen LogP) is 7.13.